The smallest absolute Gasteiger partial charge is 0.434 e. The fourth-order valence-electron chi connectivity index (χ4n) is 1.12. The normalized spacial score (nSPS) is 11.5. The third kappa shape index (κ3) is 4.46. The molecule has 0 aliphatic carbocycles. The molecule has 96 valence electrons. The van der Waals surface area contributed by atoms with Gasteiger partial charge in [0.05, 0.1) is 12.9 Å². The van der Waals surface area contributed by atoms with Gasteiger partial charge in [-0.2, -0.15) is 13.2 Å². The van der Waals surface area contributed by atoms with Gasteiger partial charge in [-0.25, -0.2) is 4.98 Å². The molecule has 0 saturated heterocycles. The van der Waals surface area contributed by atoms with E-state index in [-0.39, 0.29) is 13.2 Å². The highest BCUT2D eigenvalue weighted by atomic mass is 19.4. The van der Waals surface area contributed by atoms with Gasteiger partial charge in [0.2, 0.25) is 0 Å². The summed E-state index contributed by atoms with van der Waals surface area (Å²) in [5, 5.41) is 0. The average molecular weight is 250 g/mol. The molecule has 0 spiro atoms. The number of hydrogen-bond acceptors (Lipinski definition) is 3. The van der Waals surface area contributed by atoms with Gasteiger partial charge in [-0.1, -0.05) is 13.3 Å². The number of halogens is 3. The van der Waals surface area contributed by atoms with Crippen LogP contribution in [0.4, 0.5) is 13.2 Å². The number of ether oxygens (including phenoxy) is 1. The van der Waals surface area contributed by atoms with E-state index in [4.69, 9.17) is 4.74 Å². The molecule has 0 aromatic carbocycles. The number of imidazole rings is 1. The van der Waals surface area contributed by atoms with E-state index in [1.54, 1.807) is 0 Å². The summed E-state index contributed by atoms with van der Waals surface area (Å²) in [6.07, 6.45) is -1.12. The van der Waals surface area contributed by atoms with Crippen LogP contribution in [0.15, 0.2) is 12.5 Å². The van der Waals surface area contributed by atoms with Gasteiger partial charge < -0.3 is 9.30 Å². The summed E-state index contributed by atoms with van der Waals surface area (Å²) in [4.78, 5) is 14.4. The monoisotopic (exact) mass is 250 g/mol. The molecule has 17 heavy (non-hydrogen) atoms. The molecule has 1 rings (SSSR count). The molecular formula is C10H13F3N2O2. The Morgan fingerprint density at radius 3 is 2.76 bits per heavy atom. The molecule has 1 aromatic heterocycles. The standard InChI is InChI=1S/C10H13F3N2O2/c1-2-3-4-17-9(16)6-15-5-8(14-7-15)10(11,12)13/h5,7H,2-4,6H2,1H3. The van der Waals surface area contributed by atoms with Crippen LogP contribution in [0.5, 0.6) is 0 Å². The first-order chi connectivity index (χ1) is 7.93. The molecule has 0 unspecified atom stereocenters. The summed E-state index contributed by atoms with van der Waals surface area (Å²) in [5.41, 5.74) is -1.01. The largest absolute Gasteiger partial charge is 0.464 e. The number of unbranched alkanes of at least 4 members (excludes halogenated alkanes) is 1. The number of aromatic nitrogens is 2. The van der Waals surface area contributed by atoms with Gasteiger partial charge >= 0.3 is 12.1 Å². The van der Waals surface area contributed by atoms with Crippen LogP contribution in [0.3, 0.4) is 0 Å². The Morgan fingerprint density at radius 1 is 1.53 bits per heavy atom. The highest BCUT2D eigenvalue weighted by Crippen LogP contribution is 2.27. The number of rotatable bonds is 5. The topological polar surface area (TPSA) is 44.1 Å². The van der Waals surface area contributed by atoms with Crippen LogP contribution in [0, 0.1) is 0 Å². The van der Waals surface area contributed by atoms with Crippen molar-refractivity contribution in [3.05, 3.63) is 18.2 Å². The summed E-state index contributed by atoms with van der Waals surface area (Å²) in [6, 6.07) is 0. The SMILES string of the molecule is CCCCOC(=O)Cn1cnc(C(F)(F)F)c1. The fraction of sp³-hybridized carbons (Fsp3) is 0.600. The zero-order valence-corrected chi connectivity index (χ0v) is 9.33. The van der Waals surface area contributed by atoms with E-state index < -0.39 is 17.8 Å². The lowest BCUT2D eigenvalue weighted by Crippen LogP contribution is -2.13. The van der Waals surface area contributed by atoms with Crippen molar-refractivity contribution in [1.29, 1.82) is 0 Å². The predicted molar refractivity (Wildman–Crippen MR) is 53.1 cm³/mol. The van der Waals surface area contributed by atoms with Crippen molar-refractivity contribution < 1.29 is 22.7 Å². The van der Waals surface area contributed by atoms with Gasteiger partial charge in [-0.05, 0) is 6.42 Å². The molecule has 0 aliphatic heterocycles. The van der Waals surface area contributed by atoms with Crippen LogP contribution >= 0.6 is 0 Å². The lowest BCUT2D eigenvalue weighted by Gasteiger charge is -2.04. The van der Waals surface area contributed by atoms with Crippen molar-refractivity contribution in [2.75, 3.05) is 6.61 Å². The van der Waals surface area contributed by atoms with E-state index in [9.17, 15) is 18.0 Å². The first-order valence-corrected chi connectivity index (χ1v) is 5.18. The van der Waals surface area contributed by atoms with E-state index in [1.165, 1.54) is 0 Å². The first-order valence-electron chi connectivity index (χ1n) is 5.18. The summed E-state index contributed by atoms with van der Waals surface area (Å²) < 4.78 is 42.5. The van der Waals surface area contributed by atoms with Crippen LogP contribution in [0.1, 0.15) is 25.5 Å². The van der Waals surface area contributed by atoms with Crippen molar-refractivity contribution in [1.82, 2.24) is 9.55 Å². The fourth-order valence-corrected chi connectivity index (χ4v) is 1.12. The summed E-state index contributed by atoms with van der Waals surface area (Å²) in [7, 11) is 0. The molecule has 4 nitrogen and oxygen atoms in total. The Labute approximate surface area is 96.4 Å². The molecule has 0 N–H and O–H groups in total. The molecule has 1 aromatic rings. The summed E-state index contributed by atoms with van der Waals surface area (Å²) >= 11 is 0. The van der Waals surface area contributed by atoms with Crippen molar-refractivity contribution >= 4 is 5.97 Å². The molecule has 0 saturated carbocycles. The third-order valence-electron chi connectivity index (χ3n) is 2.00. The van der Waals surface area contributed by atoms with Crippen LogP contribution in [0.2, 0.25) is 0 Å². The molecule has 0 atom stereocenters. The Balaban J connectivity index is 2.46. The Kier molecular flexibility index (Phi) is 4.53. The zero-order valence-electron chi connectivity index (χ0n) is 9.33. The van der Waals surface area contributed by atoms with E-state index in [2.05, 4.69) is 4.98 Å². The second kappa shape index (κ2) is 5.70. The minimum Gasteiger partial charge on any atom is -0.464 e. The molecule has 0 fully saturated rings. The molecular weight excluding hydrogens is 237 g/mol. The lowest BCUT2D eigenvalue weighted by atomic mass is 10.4. The number of carbonyl (C=O) groups excluding carboxylic acids is 1. The Bertz CT molecular complexity index is 374. The van der Waals surface area contributed by atoms with Crippen LogP contribution in [-0.2, 0) is 22.3 Å². The third-order valence-corrected chi connectivity index (χ3v) is 2.00. The maximum atomic E-state index is 12.2. The lowest BCUT2D eigenvalue weighted by molar-refractivity contribution is -0.145. The number of alkyl halides is 3. The molecule has 0 radical (unpaired) electrons. The average Bonchev–Trinajstić information content (AvgIpc) is 2.66. The van der Waals surface area contributed by atoms with Gasteiger partial charge in [0.15, 0.2) is 5.69 Å². The molecule has 7 heteroatoms. The van der Waals surface area contributed by atoms with E-state index in [0.717, 1.165) is 29.9 Å². The second-order valence-electron chi connectivity index (χ2n) is 3.50. The van der Waals surface area contributed by atoms with Crippen molar-refractivity contribution in [2.24, 2.45) is 0 Å². The van der Waals surface area contributed by atoms with Gasteiger partial charge in [0.25, 0.3) is 0 Å². The second-order valence-corrected chi connectivity index (χ2v) is 3.50. The molecule has 0 amide bonds. The van der Waals surface area contributed by atoms with Crippen molar-refractivity contribution in [3.8, 4) is 0 Å². The maximum absolute atomic E-state index is 12.2. The predicted octanol–water partition coefficient (Wildman–Crippen LogP) is 2.25. The Hall–Kier alpha value is -1.53. The van der Waals surface area contributed by atoms with E-state index >= 15 is 0 Å². The van der Waals surface area contributed by atoms with E-state index in [0.29, 0.717) is 0 Å². The number of hydrogen-bond donors (Lipinski definition) is 0. The Morgan fingerprint density at radius 2 is 2.24 bits per heavy atom. The first kappa shape index (κ1) is 13.5. The quantitative estimate of drug-likeness (QED) is 0.594. The highest BCUT2D eigenvalue weighted by molar-refractivity contribution is 5.69. The van der Waals surface area contributed by atoms with Crippen LogP contribution in [0.25, 0.3) is 0 Å². The van der Waals surface area contributed by atoms with Crippen LogP contribution in [-0.4, -0.2) is 22.1 Å². The van der Waals surface area contributed by atoms with Crippen LogP contribution < -0.4 is 0 Å². The highest BCUT2D eigenvalue weighted by Gasteiger charge is 2.33. The molecule has 0 aliphatic rings. The molecule has 0 bridgehead atoms. The summed E-state index contributed by atoms with van der Waals surface area (Å²) in [5.74, 6) is -0.565. The maximum Gasteiger partial charge on any atom is 0.434 e. The van der Waals surface area contributed by atoms with Gasteiger partial charge in [0.1, 0.15) is 6.54 Å². The minimum absolute atomic E-state index is 0.257. The number of nitrogens with zero attached hydrogens (tertiary/aromatic N) is 2. The molecule has 1 heterocycles. The number of carbonyl (C=O) groups is 1. The zero-order chi connectivity index (χ0) is 12.9. The van der Waals surface area contributed by atoms with Crippen molar-refractivity contribution in [2.45, 2.75) is 32.5 Å². The van der Waals surface area contributed by atoms with Crippen molar-refractivity contribution in [3.63, 3.8) is 0 Å². The van der Waals surface area contributed by atoms with E-state index in [1.807, 2.05) is 6.92 Å². The minimum atomic E-state index is -4.49. The van der Waals surface area contributed by atoms with Gasteiger partial charge in [-0.15, -0.1) is 0 Å². The number of esters is 1. The van der Waals surface area contributed by atoms with Gasteiger partial charge in [0, 0.05) is 6.20 Å². The summed E-state index contributed by atoms with van der Waals surface area (Å²) in [6.45, 7) is 1.97. The van der Waals surface area contributed by atoms with Gasteiger partial charge in [-0.3, -0.25) is 4.79 Å².